The molecule has 0 saturated heterocycles. The van der Waals surface area contributed by atoms with Crippen molar-refractivity contribution in [3.63, 3.8) is 0 Å². The minimum atomic E-state index is -1.03. The highest BCUT2D eigenvalue weighted by atomic mass is 16.3. The molecule has 3 N–H and O–H groups in total. The summed E-state index contributed by atoms with van der Waals surface area (Å²) >= 11 is 0. The third-order valence-corrected chi connectivity index (χ3v) is 3.10. The second kappa shape index (κ2) is 8.46. The first kappa shape index (κ1) is 17.4. The second-order valence-electron chi connectivity index (χ2n) is 5.53. The molecule has 1 atom stereocenters. The van der Waals surface area contributed by atoms with Crippen molar-refractivity contribution in [1.82, 2.24) is 0 Å². The van der Waals surface area contributed by atoms with E-state index >= 15 is 0 Å². The molecule has 0 radical (unpaired) electrons. The molecule has 0 aliphatic rings. The SMILES string of the molecule is C/C(=C\CO)CC/C=C(\C)CCC(O)C(C)(C)O. The van der Waals surface area contributed by atoms with Gasteiger partial charge in [0.05, 0.1) is 18.3 Å². The molecule has 0 aromatic heterocycles. The minimum absolute atomic E-state index is 0.103. The Balaban J connectivity index is 3.96. The quantitative estimate of drug-likeness (QED) is 0.585. The molecule has 3 nitrogen and oxygen atoms in total. The standard InChI is InChI=1S/C15H28O3/c1-12(6-5-7-13(2)10-11-16)8-9-14(17)15(3,4)18/h6,10,14,16-18H,5,7-9,11H2,1-4H3/b12-6+,13-10+. The van der Waals surface area contributed by atoms with Gasteiger partial charge in [0.25, 0.3) is 0 Å². The van der Waals surface area contributed by atoms with Crippen LogP contribution in [0.3, 0.4) is 0 Å². The summed E-state index contributed by atoms with van der Waals surface area (Å²) in [7, 11) is 0. The third kappa shape index (κ3) is 8.45. The van der Waals surface area contributed by atoms with E-state index in [0.717, 1.165) is 19.3 Å². The van der Waals surface area contributed by atoms with Crippen LogP contribution in [-0.4, -0.2) is 33.6 Å². The maximum atomic E-state index is 9.70. The molecule has 0 aromatic rings. The van der Waals surface area contributed by atoms with Crippen molar-refractivity contribution in [3.8, 4) is 0 Å². The first-order valence-corrected chi connectivity index (χ1v) is 6.60. The third-order valence-electron chi connectivity index (χ3n) is 3.10. The fourth-order valence-electron chi connectivity index (χ4n) is 1.62. The van der Waals surface area contributed by atoms with Gasteiger partial charge in [-0.05, 0) is 53.4 Å². The molecule has 1 unspecified atom stereocenters. The van der Waals surface area contributed by atoms with E-state index in [1.807, 2.05) is 19.9 Å². The molecule has 0 spiro atoms. The van der Waals surface area contributed by atoms with Crippen LogP contribution in [0.15, 0.2) is 23.3 Å². The van der Waals surface area contributed by atoms with Gasteiger partial charge in [0.1, 0.15) is 0 Å². The number of aliphatic hydroxyl groups excluding tert-OH is 2. The number of aliphatic hydroxyl groups is 3. The number of hydrogen-bond donors (Lipinski definition) is 3. The molecule has 0 aromatic carbocycles. The van der Waals surface area contributed by atoms with E-state index in [1.165, 1.54) is 11.1 Å². The summed E-state index contributed by atoms with van der Waals surface area (Å²) in [5.74, 6) is 0. The summed E-state index contributed by atoms with van der Waals surface area (Å²) < 4.78 is 0. The molecule has 0 rings (SSSR count). The van der Waals surface area contributed by atoms with Crippen LogP contribution in [0.4, 0.5) is 0 Å². The molecular formula is C15H28O3. The molecule has 106 valence electrons. The van der Waals surface area contributed by atoms with E-state index in [9.17, 15) is 10.2 Å². The number of rotatable bonds is 8. The molecule has 18 heavy (non-hydrogen) atoms. The molecule has 0 aliphatic heterocycles. The molecule has 0 fully saturated rings. The molecule has 0 heterocycles. The zero-order valence-corrected chi connectivity index (χ0v) is 12.1. The lowest BCUT2D eigenvalue weighted by Crippen LogP contribution is -2.35. The van der Waals surface area contributed by atoms with Crippen LogP contribution in [0, 0.1) is 0 Å². The Labute approximate surface area is 111 Å². The second-order valence-corrected chi connectivity index (χ2v) is 5.53. The normalized spacial score (nSPS) is 15.9. The number of allylic oxidation sites excluding steroid dienone is 3. The molecular weight excluding hydrogens is 228 g/mol. The van der Waals surface area contributed by atoms with Gasteiger partial charge >= 0.3 is 0 Å². The average molecular weight is 256 g/mol. The highest BCUT2D eigenvalue weighted by Gasteiger charge is 2.23. The zero-order chi connectivity index (χ0) is 14.2. The van der Waals surface area contributed by atoms with Gasteiger partial charge < -0.3 is 15.3 Å². The maximum Gasteiger partial charge on any atom is 0.0849 e. The van der Waals surface area contributed by atoms with Gasteiger partial charge in [0, 0.05) is 0 Å². The van der Waals surface area contributed by atoms with Crippen molar-refractivity contribution >= 4 is 0 Å². The van der Waals surface area contributed by atoms with E-state index in [1.54, 1.807) is 13.8 Å². The van der Waals surface area contributed by atoms with Crippen molar-refractivity contribution in [3.05, 3.63) is 23.3 Å². The Bertz CT molecular complexity index is 285. The predicted molar refractivity (Wildman–Crippen MR) is 75.4 cm³/mol. The summed E-state index contributed by atoms with van der Waals surface area (Å²) in [6.07, 6.45) is 6.58. The molecule has 0 aliphatic carbocycles. The maximum absolute atomic E-state index is 9.70. The zero-order valence-electron chi connectivity index (χ0n) is 12.1. The highest BCUT2D eigenvalue weighted by molar-refractivity contribution is 5.04. The molecule has 0 amide bonds. The average Bonchev–Trinajstić information content (AvgIpc) is 2.24. The smallest absolute Gasteiger partial charge is 0.0849 e. The van der Waals surface area contributed by atoms with Crippen molar-refractivity contribution in [2.45, 2.75) is 65.1 Å². The Hall–Kier alpha value is -0.640. The predicted octanol–water partition coefficient (Wildman–Crippen LogP) is 2.56. The van der Waals surface area contributed by atoms with Crippen molar-refractivity contribution in [2.75, 3.05) is 6.61 Å². The van der Waals surface area contributed by atoms with Gasteiger partial charge in [-0.1, -0.05) is 23.3 Å². The van der Waals surface area contributed by atoms with Gasteiger partial charge in [-0.2, -0.15) is 0 Å². The van der Waals surface area contributed by atoms with Gasteiger partial charge in [-0.25, -0.2) is 0 Å². The van der Waals surface area contributed by atoms with E-state index in [0.29, 0.717) is 6.42 Å². The van der Waals surface area contributed by atoms with Gasteiger partial charge in [-0.3, -0.25) is 0 Å². The first-order chi connectivity index (χ1) is 8.27. The van der Waals surface area contributed by atoms with E-state index in [-0.39, 0.29) is 6.61 Å². The lowest BCUT2D eigenvalue weighted by Gasteiger charge is -2.24. The summed E-state index contributed by atoms with van der Waals surface area (Å²) in [5.41, 5.74) is 1.40. The first-order valence-electron chi connectivity index (χ1n) is 6.60. The Morgan fingerprint density at radius 1 is 1.11 bits per heavy atom. The van der Waals surface area contributed by atoms with Crippen LogP contribution in [0.5, 0.6) is 0 Å². The fraction of sp³-hybridized carbons (Fsp3) is 0.733. The summed E-state index contributed by atoms with van der Waals surface area (Å²) in [4.78, 5) is 0. The largest absolute Gasteiger partial charge is 0.392 e. The van der Waals surface area contributed by atoms with Crippen LogP contribution in [-0.2, 0) is 0 Å². The van der Waals surface area contributed by atoms with E-state index in [2.05, 4.69) is 6.08 Å². The Kier molecular flexibility index (Phi) is 8.16. The van der Waals surface area contributed by atoms with Crippen LogP contribution in [0.25, 0.3) is 0 Å². The molecule has 3 heteroatoms. The van der Waals surface area contributed by atoms with Crippen molar-refractivity contribution < 1.29 is 15.3 Å². The van der Waals surface area contributed by atoms with Crippen LogP contribution in [0.2, 0.25) is 0 Å². The van der Waals surface area contributed by atoms with Crippen molar-refractivity contribution in [2.24, 2.45) is 0 Å². The minimum Gasteiger partial charge on any atom is -0.392 e. The Morgan fingerprint density at radius 2 is 1.67 bits per heavy atom. The van der Waals surface area contributed by atoms with Crippen LogP contribution >= 0.6 is 0 Å². The monoisotopic (exact) mass is 256 g/mol. The Morgan fingerprint density at radius 3 is 2.17 bits per heavy atom. The van der Waals surface area contributed by atoms with Gasteiger partial charge in [0.15, 0.2) is 0 Å². The van der Waals surface area contributed by atoms with Gasteiger partial charge in [-0.15, -0.1) is 0 Å². The van der Waals surface area contributed by atoms with Crippen molar-refractivity contribution in [1.29, 1.82) is 0 Å². The lowest BCUT2D eigenvalue weighted by atomic mass is 9.95. The summed E-state index contributed by atoms with van der Waals surface area (Å²) in [6.45, 7) is 7.41. The van der Waals surface area contributed by atoms with E-state index < -0.39 is 11.7 Å². The molecule has 0 bridgehead atoms. The van der Waals surface area contributed by atoms with Crippen LogP contribution < -0.4 is 0 Å². The summed E-state index contributed by atoms with van der Waals surface area (Å²) in [6, 6.07) is 0. The molecule has 0 saturated carbocycles. The fourth-order valence-corrected chi connectivity index (χ4v) is 1.62. The summed E-state index contributed by atoms with van der Waals surface area (Å²) in [5, 5.41) is 28.0. The lowest BCUT2D eigenvalue weighted by molar-refractivity contribution is -0.0509. The van der Waals surface area contributed by atoms with Gasteiger partial charge in [0.2, 0.25) is 0 Å². The van der Waals surface area contributed by atoms with E-state index in [4.69, 9.17) is 5.11 Å². The number of hydrogen-bond acceptors (Lipinski definition) is 3. The highest BCUT2D eigenvalue weighted by Crippen LogP contribution is 2.17. The van der Waals surface area contributed by atoms with Crippen LogP contribution in [0.1, 0.15) is 53.4 Å². The topological polar surface area (TPSA) is 60.7 Å².